The van der Waals surface area contributed by atoms with E-state index >= 15 is 0 Å². The van der Waals surface area contributed by atoms with Crippen LogP contribution in [0.5, 0.6) is 0 Å². The summed E-state index contributed by atoms with van der Waals surface area (Å²) in [6, 6.07) is 4.57. The molecule has 0 unspecified atom stereocenters. The molecule has 0 aliphatic heterocycles. The van der Waals surface area contributed by atoms with Crippen molar-refractivity contribution in [1.29, 1.82) is 0 Å². The Morgan fingerprint density at radius 3 is 2.95 bits per heavy atom. The lowest BCUT2D eigenvalue weighted by molar-refractivity contribution is -0.118. The molecule has 1 aromatic heterocycles. The second-order valence-corrected chi connectivity index (χ2v) is 4.57. The monoisotopic (exact) mass is 319 g/mol. The molecule has 2 aromatic rings. The lowest BCUT2D eigenvalue weighted by Gasteiger charge is -2.03. The number of carbonyl (C=O) groups excluding carboxylic acids is 1. The van der Waals surface area contributed by atoms with Crippen LogP contribution in [-0.4, -0.2) is 27.9 Å². The van der Waals surface area contributed by atoms with Gasteiger partial charge < -0.3 is 9.88 Å². The molecule has 110 valence electrons. The summed E-state index contributed by atoms with van der Waals surface area (Å²) in [6.07, 6.45) is 1.48. The van der Waals surface area contributed by atoms with Gasteiger partial charge >= 0.3 is 0 Å². The minimum Gasteiger partial charge on any atom is -0.355 e. The smallest absolute Gasteiger partial charge is 0.234 e. The van der Waals surface area contributed by atoms with Gasteiger partial charge in [0.15, 0.2) is 0 Å². The van der Waals surface area contributed by atoms with E-state index < -0.39 is 0 Å². The number of rotatable bonds is 5. The highest BCUT2D eigenvalue weighted by Gasteiger charge is 2.08. The van der Waals surface area contributed by atoms with E-state index in [0.29, 0.717) is 12.1 Å². The van der Waals surface area contributed by atoms with Crippen LogP contribution in [0.15, 0.2) is 18.2 Å². The highest BCUT2D eigenvalue weighted by molar-refractivity contribution is 6.27. The van der Waals surface area contributed by atoms with Gasteiger partial charge in [-0.05, 0) is 18.6 Å². The van der Waals surface area contributed by atoms with Gasteiger partial charge in [0.2, 0.25) is 5.91 Å². The summed E-state index contributed by atoms with van der Waals surface area (Å²) < 4.78 is 15.0. The summed E-state index contributed by atoms with van der Waals surface area (Å²) in [4.78, 5) is 15.4. The number of aryl methyl sites for hydroxylation is 2. The maximum Gasteiger partial charge on any atom is 0.234 e. The summed E-state index contributed by atoms with van der Waals surface area (Å²) >= 11 is 5.38. The second kappa shape index (κ2) is 7.45. The Morgan fingerprint density at radius 2 is 2.25 bits per heavy atom. The molecule has 0 atom stereocenters. The number of amides is 1. The van der Waals surface area contributed by atoms with E-state index in [-0.39, 0.29) is 30.0 Å². The molecule has 0 bridgehead atoms. The molecule has 0 fully saturated rings. The van der Waals surface area contributed by atoms with Crippen LogP contribution < -0.4 is 5.32 Å². The first-order chi connectivity index (χ1) is 9.11. The summed E-state index contributed by atoms with van der Waals surface area (Å²) in [5.41, 5.74) is 1.56. The van der Waals surface area contributed by atoms with Gasteiger partial charge in [0.05, 0.1) is 11.0 Å². The van der Waals surface area contributed by atoms with E-state index in [1.54, 1.807) is 6.07 Å². The highest BCUT2D eigenvalue weighted by atomic mass is 35.5. The molecule has 1 heterocycles. The fraction of sp³-hybridized carbons (Fsp3) is 0.385. The molecule has 1 N–H and O–H groups in total. The van der Waals surface area contributed by atoms with Crippen molar-refractivity contribution in [2.45, 2.75) is 12.8 Å². The van der Waals surface area contributed by atoms with Crippen LogP contribution in [0.4, 0.5) is 4.39 Å². The van der Waals surface area contributed by atoms with E-state index in [9.17, 15) is 9.18 Å². The molecule has 7 heteroatoms. The molecule has 0 aliphatic rings. The average molecular weight is 320 g/mol. The van der Waals surface area contributed by atoms with Crippen molar-refractivity contribution in [1.82, 2.24) is 14.9 Å². The van der Waals surface area contributed by atoms with Crippen molar-refractivity contribution >= 4 is 40.9 Å². The maximum atomic E-state index is 13.1. The number of carbonyl (C=O) groups is 1. The van der Waals surface area contributed by atoms with E-state index in [1.165, 1.54) is 12.1 Å². The molecular formula is C13H16Cl2FN3O. The van der Waals surface area contributed by atoms with Crippen molar-refractivity contribution < 1.29 is 9.18 Å². The standard InChI is InChI=1S/C13H15ClFN3O.ClH/c1-18-11-5-4-9(15)7-10(11)17-12(18)3-2-6-16-13(19)8-14;/h4-5,7H,2-3,6,8H2,1H3,(H,16,19);1H. The summed E-state index contributed by atoms with van der Waals surface area (Å²) in [7, 11) is 1.90. The third-order valence-corrected chi connectivity index (χ3v) is 3.20. The Labute approximate surface area is 127 Å². The number of hydrogen-bond acceptors (Lipinski definition) is 2. The van der Waals surface area contributed by atoms with Crippen molar-refractivity contribution in [3.63, 3.8) is 0 Å². The quantitative estimate of drug-likeness (QED) is 0.679. The zero-order valence-electron chi connectivity index (χ0n) is 11.0. The third kappa shape index (κ3) is 3.84. The SMILES string of the molecule is Cl.Cn1c(CCCNC(=O)CCl)nc2cc(F)ccc21. The van der Waals surface area contributed by atoms with Crippen LogP contribution in [0, 0.1) is 5.82 Å². The molecule has 0 spiro atoms. The topological polar surface area (TPSA) is 46.9 Å². The largest absolute Gasteiger partial charge is 0.355 e. The maximum absolute atomic E-state index is 13.1. The Hall–Kier alpha value is -1.33. The minimum atomic E-state index is -0.286. The molecule has 2 rings (SSSR count). The molecule has 1 aromatic carbocycles. The van der Waals surface area contributed by atoms with E-state index in [2.05, 4.69) is 10.3 Å². The second-order valence-electron chi connectivity index (χ2n) is 4.31. The van der Waals surface area contributed by atoms with E-state index in [0.717, 1.165) is 24.2 Å². The normalized spacial score (nSPS) is 10.3. The lowest BCUT2D eigenvalue weighted by Crippen LogP contribution is -2.25. The number of nitrogens with one attached hydrogen (secondary N) is 1. The molecule has 0 saturated heterocycles. The number of alkyl halides is 1. The zero-order valence-corrected chi connectivity index (χ0v) is 12.6. The van der Waals surface area contributed by atoms with Crippen LogP contribution >= 0.6 is 24.0 Å². The zero-order chi connectivity index (χ0) is 13.8. The third-order valence-electron chi connectivity index (χ3n) is 2.96. The fourth-order valence-electron chi connectivity index (χ4n) is 1.97. The van der Waals surface area contributed by atoms with Gasteiger partial charge in [0.25, 0.3) is 0 Å². The van der Waals surface area contributed by atoms with Crippen molar-refractivity contribution in [3.05, 3.63) is 29.8 Å². The minimum absolute atomic E-state index is 0. The number of benzene rings is 1. The Kier molecular flexibility index (Phi) is 6.23. The molecule has 20 heavy (non-hydrogen) atoms. The molecule has 1 amide bonds. The van der Waals surface area contributed by atoms with E-state index in [1.807, 2.05) is 11.6 Å². The van der Waals surface area contributed by atoms with Crippen LogP contribution in [0.25, 0.3) is 11.0 Å². The van der Waals surface area contributed by atoms with Crippen molar-refractivity contribution in [2.75, 3.05) is 12.4 Å². The van der Waals surface area contributed by atoms with Gasteiger partial charge in [0.1, 0.15) is 17.5 Å². The first-order valence-electron chi connectivity index (χ1n) is 6.05. The predicted octanol–water partition coefficient (Wildman–Crippen LogP) is 2.42. The van der Waals surface area contributed by atoms with Crippen LogP contribution in [-0.2, 0) is 18.3 Å². The van der Waals surface area contributed by atoms with Crippen molar-refractivity contribution in [3.8, 4) is 0 Å². The van der Waals surface area contributed by atoms with Crippen molar-refractivity contribution in [2.24, 2.45) is 7.05 Å². The molecule has 0 aliphatic carbocycles. The van der Waals surface area contributed by atoms with Crippen LogP contribution in [0.1, 0.15) is 12.2 Å². The average Bonchev–Trinajstić information content (AvgIpc) is 2.70. The number of aromatic nitrogens is 2. The Balaban J connectivity index is 0.00000200. The number of imidazole rings is 1. The van der Waals surface area contributed by atoms with Gasteiger partial charge in [-0.1, -0.05) is 0 Å². The van der Waals surface area contributed by atoms with Gasteiger partial charge in [-0.15, -0.1) is 24.0 Å². The first kappa shape index (κ1) is 16.7. The summed E-state index contributed by atoms with van der Waals surface area (Å²) in [5.74, 6) is 0.395. The van der Waals surface area contributed by atoms with Crippen LogP contribution in [0.3, 0.4) is 0 Å². The molecular weight excluding hydrogens is 304 g/mol. The van der Waals surface area contributed by atoms with Crippen LogP contribution in [0.2, 0.25) is 0 Å². The summed E-state index contributed by atoms with van der Waals surface area (Å²) in [5, 5.41) is 2.70. The first-order valence-corrected chi connectivity index (χ1v) is 6.59. The van der Waals surface area contributed by atoms with E-state index in [4.69, 9.17) is 11.6 Å². The number of fused-ring (bicyclic) bond motifs is 1. The number of hydrogen-bond donors (Lipinski definition) is 1. The summed E-state index contributed by atoms with van der Waals surface area (Å²) in [6.45, 7) is 0.559. The molecule has 0 radical (unpaired) electrons. The number of halogens is 3. The Bertz CT molecular complexity index is 601. The molecule has 4 nitrogen and oxygen atoms in total. The van der Waals surface area contributed by atoms with Gasteiger partial charge in [0, 0.05) is 26.1 Å². The Morgan fingerprint density at radius 1 is 1.50 bits per heavy atom. The van der Waals surface area contributed by atoms with Gasteiger partial charge in [-0.2, -0.15) is 0 Å². The van der Waals surface area contributed by atoms with Gasteiger partial charge in [-0.3, -0.25) is 4.79 Å². The lowest BCUT2D eigenvalue weighted by atomic mass is 10.3. The fourth-order valence-corrected chi connectivity index (χ4v) is 2.06. The highest BCUT2D eigenvalue weighted by Crippen LogP contribution is 2.16. The molecule has 0 saturated carbocycles. The predicted molar refractivity (Wildman–Crippen MR) is 80.0 cm³/mol. The van der Waals surface area contributed by atoms with Gasteiger partial charge in [-0.25, -0.2) is 9.37 Å². The number of nitrogens with zero attached hydrogens (tertiary/aromatic N) is 2.